The summed E-state index contributed by atoms with van der Waals surface area (Å²) >= 11 is 0. The number of likely N-dealkylation sites (N-methyl/N-ethyl adjacent to an activating group) is 1. The number of hydrogen-bond donors (Lipinski definition) is 2. The Morgan fingerprint density at radius 1 is 1.61 bits per heavy atom. The summed E-state index contributed by atoms with van der Waals surface area (Å²) in [7, 11) is 2.07. The summed E-state index contributed by atoms with van der Waals surface area (Å²) in [6.45, 7) is 5.61. The molecule has 1 amide bonds. The molecular formula is C13H27N3O2. The highest BCUT2D eigenvalue weighted by Crippen LogP contribution is 2.12. The normalized spacial score (nSPS) is 21.4. The zero-order valence-corrected chi connectivity index (χ0v) is 11.7. The third-order valence-corrected chi connectivity index (χ3v) is 3.32. The maximum atomic E-state index is 11.3. The SMILES string of the molecule is CCCNC(CCN(C)CC1CCCO1)C(N)=O. The van der Waals surface area contributed by atoms with E-state index in [0.29, 0.717) is 6.10 Å². The molecule has 1 fully saturated rings. The first-order valence-corrected chi connectivity index (χ1v) is 6.96. The summed E-state index contributed by atoms with van der Waals surface area (Å²) in [6.07, 6.45) is 4.46. The van der Waals surface area contributed by atoms with E-state index >= 15 is 0 Å². The lowest BCUT2D eigenvalue weighted by Gasteiger charge is -2.23. The zero-order chi connectivity index (χ0) is 13.4. The van der Waals surface area contributed by atoms with Gasteiger partial charge in [-0.2, -0.15) is 0 Å². The van der Waals surface area contributed by atoms with Crippen molar-refractivity contribution in [3.8, 4) is 0 Å². The van der Waals surface area contributed by atoms with Crippen LogP contribution >= 0.6 is 0 Å². The Labute approximate surface area is 110 Å². The van der Waals surface area contributed by atoms with Crippen LogP contribution < -0.4 is 11.1 Å². The second kappa shape index (κ2) is 8.45. The highest BCUT2D eigenvalue weighted by atomic mass is 16.5. The van der Waals surface area contributed by atoms with Gasteiger partial charge in [-0.1, -0.05) is 6.92 Å². The number of nitrogens with one attached hydrogen (secondary N) is 1. The van der Waals surface area contributed by atoms with Gasteiger partial charge in [-0.3, -0.25) is 4.79 Å². The van der Waals surface area contributed by atoms with Crippen molar-refractivity contribution in [2.24, 2.45) is 5.73 Å². The van der Waals surface area contributed by atoms with Crippen LogP contribution in [0.4, 0.5) is 0 Å². The predicted octanol–water partition coefficient (Wildman–Crippen LogP) is 0.341. The molecule has 2 unspecified atom stereocenters. The molecule has 0 radical (unpaired) electrons. The first-order valence-electron chi connectivity index (χ1n) is 6.96. The van der Waals surface area contributed by atoms with Gasteiger partial charge in [-0.15, -0.1) is 0 Å². The second-order valence-electron chi connectivity index (χ2n) is 5.10. The van der Waals surface area contributed by atoms with Crippen LogP contribution in [0.15, 0.2) is 0 Å². The molecule has 0 aromatic heterocycles. The molecule has 106 valence electrons. The molecule has 1 rings (SSSR count). The van der Waals surface area contributed by atoms with Crippen LogP contribution in [0.3, 0.4) is 0 Å². The van der Waals surface area contributed by atoms with E-state index in [2.05, 4.69) is 24.2 Å². The first-order chi connectivity index (χ1) is 8.63. The molecule has 0 aromatic carbocycles. The summed E-state index contributed by atoms with van der Waals surface area (Å²) in [6, 6.07) is -0.211. The summed E-state index contributed by atoms with van der Waals surface area (Å²) in [5.74, 6) is -0.256. The number of nitrogens with zero attached hydrogens (tertiary/aromatic N) is 1. The number of amides is 1. The molecule has 1 aliphatic heterocycles. The van der Waals surface area contributed by atoms with E-state index in [4.69, 9.17) is 10.5 Å². The molecular weight excluding hydrogens is 230 g/mol. The maximum absolute atomic E-state index is 11.3. The van der Waals surface area contributed by atoms with E-state index in [0.717, 1.165) is 45.5 Å². The molecule has 1 aliphatic rings. The maximum Gasteiger partial charge on any atom is 0.234 e. The van der Waals surface area contributed by atoms with E-state index in [9.17, 15) is 4.79 Å². The lowest BCUT2D eigenvalue weighted by atomic mass is 10.1. The fraction of sp³-hybridized carbons (Fsp3) is 0.923. The topological polar surface area (TPSA) is 67.6 Å². The molecule has 0 aliphatic carbocycles. The Balaban J connectivity index is 2.20. The van der Waals surface area contributed by atoms with Gasteiger partial charge < -0.3 is 20.7 Å². The van der Waals surface area contributed by atoms with Crippen molar-refractivity contribution >= 4 is 5.91 Å². The van der Waals surface area contributed by atoms with Crippen molar-refractivity contribution in [3.63, 3.8) is 0 Å². The Morgan fingerprint density at radius 2 is 2.39 bits per heavy atom. The van der Waals surface area contributed by atoms with Crippen LogP contribution in [0.25, 0.3) is 0 Å². The van der Waals surface area contributed by atoms with Crippen molar-refractivity contribution in [2.75, 3.05) is 33.3 Å². The molecule has 1 heterocycles. The van der Waals surface area contributed by atoms with Gasteiger partial charge in [0.05, 0.1) is 12.1 Å². The van der Waals surface area contributed by atoms with Gasteiger partial charge in [-0.25, -0.2) is 0 Å². The summed E-state index contributed by atoms with van der Waals surface area (Å²) in [5.41, 5.74) is 5.38. The minimum absolute atomic E-state index is 0.211. The molecule has 1 saturated heterocycles. The zero-order valence-electron chi connectivity index (χ0n) is 11.7. The van der Waals surface area contributed by atoms with Crippen LogP contribution in [0.1, 0.15) is 32.6 Å². The molecule has 5 heteroatoms. The van der Waals surface area contributed by atoms with E-state index < -0.39 is 0 Å². The van der Waals surface area contributed by atoms with Gasteiger partial charge in [0.2, 0.25) is 5.91 Å². The number of ether oxygens (including phenoxy) is 1. The van der Waals surface area contributed by atoms with Crippen molar-refractivity contribution in [2.45, 2.75) is 44.8 Å². The first kappa shape index (κ1) is 15.4. The molecule has 5 nitrogen and oxygen atoms in total. The van der Waals surface area contributed by atoms with E-state index in [1.165, 1.54) is 6.42 Å². The fourth-order valence-electron chi connectivity index (χ4n) is 2.24. The van der Waals surface area contributed by atoms with E-state index in [1.807, 2.05) is 0 Å². The quantitative estimate of drug-likeness (QED) is 0.625. The third-order valence-electron chi connectivity index (χ3n) is 3.32. The van der Waals surface area contributed by atoms with Crippen molar-refractivity contribution in [1.29, 1.82) is 0 Å². The average molecular weight is 257 g/mol. The minimum Gasteiger partial charge on any atom is -0.377 e. The fourth-order valence-corrected chi connectivity index (χ4v) is 2.24. The molecule has 3 N–H and O–H groups in total. The van der Waals surface area contributed by atoms with E-state index in [-0.39, 0.29) is 11.9 Å². The predicted molar refractivity (Wildman–Crippen MR) is 72.4 cm³/mol. The largest absolute Gasteiger partial charge is 0.377 e. The van der Waals surface area contributed by atoms with Crippen LogP contribution in [-0.4, -0.2) is 56.2 Å². The van der Waals surface area contributed by atoms with Gasteiger partial charge in [0.25, 0.3) is 0 Å². The average Bonchev–Trinajstić information content (AvgIpc) is 2.81. The smallest absolute Gasteiger partial charge is 0.234 e. The number of nitrogens with two attached hydrogens (primary N) is 1. The standard InChI is InChI=1S/C13H27N3O2/c1-3-7-15-12(13(14)17)6-8-16(2)10-11-5-4-9-18-11/h11-12,15H,3-10H2,1-2H3,(H2,14,17). The molecule has 0 saturated carbocycles. The van der Waals surface area contributed by atoms with Gasteiger partial charge >= 0.3 is 0 Å². The van der Waals surface area contributed by atoms with Gasteiger partial charge in [0, 0.05) is 13.2 Å². The Hall–Kier alpha value is -0.650. The highest BCUT2D eigenvalue weighted by molar-refractivity contribution is 5.79. The summed E-state index contributed by atoms with van der Waals surface area (Å²) < 4.78 is 5.59. The van der Waals surface area contributed by atoms with E-state index in [1.54, 1.807) is 0 Å². The highest BCUT2D eigenvalue weighted by Gasteiger charge is 2.19. The Morgan fingerprint density at radius 3 is 2.94 bits per heavy atom. The molecule has 0 aromatic rings. The lowest BCUT2D eigenvalue weighted by molar-refractivity contribution is -0.120. The number of primary amides is 1. The summed E-state index contributed by atoms with van der Waals surface area (Å²) in [5, 5.41) is 3.19. The van der Waals surface area contributed by atoms with Crippen molar-refractivity contribution < 1.29 is 9.53 Å². The number of carbonyl (C=O) groups is 1. The number of rotatable bonds is 9. The monoisotopic (exact) mass is 257 g/mol. The second-order valence-corrected chi connectivity index (χ2v) is 5.10. The minimum atomic E-state index is -0.256. The molecule has 2 atom stereocenters. The van der Waals surface area contributed by atoms with Crippen LogP contribution in [0.2, 0.25) is 0 Å². The molecule has 0 bridgehead atoms. The Bertz CT molecular complexity index is 242. The van der Waals surface area contributed by atoms with Gasteiger partial charge in [-0.05, 0) is 45.8 Å². The third kappa shape index (κ3) is 5.80. The molecule has 0 spiro atoms. The number of hydrogen-bond acceptors (Lipinski definition) is 4. The van der Waals surface area contributed by atoms with Crippen LogP contribution in [-0.2, 0) is 9.53 Å². The summed E-state index contributed by atoms with van der Waals surface area (Å²) in [4.78, 5) is 13.5. The van der Waals surface area contributed by atoms with Crippen molar-refractivity contribution in [1.82, 2.24) is 10.2 Å². The van der Waals surface area contributed by atoms with Crippen LogP contribution in [0.5, 0.6) is 0 Å². The number of carbonyl (C=O) groups excluding carboxylic acids is 1. The van der Waals surface area contributed by atoms with Crippen LogP contribution in [0, 0.1) is 0 Å². The van der Waals surface area contributed by atoms with Gasteiger partial charge in [0.1, 0.15) is 0 Å². The van der Waals surface area contributed by atoms with Gasteiger partial charge in [0.15, 0.2) is 0 Å². The Kier molecular flexibility index (Phi) is 7.23. The van der Waals surface area contributed by atoms with Crippen molar-refractivity contribution in [3.05, 3.63) is 0 Å². The molecule has 18 heavy (non-hydrogen) atoms. The lowest BCUT2D eigenvalue weighted by Crippen LogP contribution is -2.44.